The molecule has 4 nitrogen and oxygen atoms in total. The fraction of sp³-hybridized carbons (Fsp3) is 0.143. The van der Waals surface area contributed by atoms with Crippen LogP contribution < -0.4 is 5.32 Å². The Kier molecular flexibility index (Phi) is 3.57. The van der Waals surface area contributed by atoms with Gasteiger partial charge in [0.05, 0.1) is 12.0 Å². The molecular formula is C14H13NO3. The molecule has 0 aliphatic heterocycles. The smallest absolute Gasteiger partial charge is 0.209 e. The number of fused-ring (bicyclic) bond motifs is 1. The van der Waals surface area contributed by atoms with Crippen LogP contribution in [0.25, 0.3) is 0 Å². The summed E-state index contributed by atoms with van der Waals surface area (Å²) in [5.74, 6) is -0.318. The molecule has 0 spiro atoms. The molecule has 0 saturated heterocycles. The number of benzene rings is 1. The Morgan fingerprint density at radius 2 is 1.94 bits per heavy atom. The number of Topliss-reactive ketones (excluding diaryl/α,β-unsaturated/α-hetero) is 1. The highest BCUT2D eigenvalue weighted by Gasteiger charge is 2.24. The Hall–Kier alpha value is -2.36. The zero-order chi connectivity index (χ0) is 13.0. The molecule has 0 unspecified atom stereocenters. The number of ketones is 2. The van der Waals surface area contributed by atoms with E-state index >= 15 is 0 Å². The van der Waals surface area contributed by atoms with Gasteiger partial charge in [-0.2, -0.15) is 0 Å². The van der Waals surface area contributed by atoms with Crippen molar-refractivity contribution < 1.29 is 14.3 Å². The summed E-state index contributed by atoms with van der Waals surface area (Å²) in [6.07, 6.45) is 2.66. The summed E-state index contributed by atoms with van der Waals surface area (Å²) < 4.78 is 4.93. The van der Waals surface area contributed by atoms with Gasteiger partial charge in [-0.3, -0.25) is 9.59 Å². The summed E-state index contributed by atoms with van der Waals surface area (Å²) in [7, 11) is 0. The Bertz CT molecular complexity index is 532. The van der Waals surface area contributed by atoms with Crippen LogP contribution >= 0.6 is 0 Å². The van der Waals surface area contributed by atoms with Crippen LogP contribution in [-0.4, -0.2) is 24.7 Å². The van der Waals surface area contributed by atoms with Gasteiger partial charge in [-0.05, 0) is 0 Å². The van der Waals surface area contributed by atoms with Crippen molar-refractivity contribution in [2.75, 3.05) is 13.2 Å². The predicted octanol–water partition coefficient (Wildman–Crippen LogP) is 1.70. The molecule has 0 aromatic heterocycles. The number of hydrogen-bond acceptors (Lipinski definition) is 4. The van der Waals surface area contributed by atoms with Crippen LogP contribution in [0.2, 0.25) is 0 Å². The van der Waals surface area contributed by atoms with Crippen molar-refractivity contribution in [2.24, 2.45) is 0 Å². The van der Waals surface area contributed by atoms with Gasteiger partial charge in [0.2, 0.25) is 5.78 Å². The second-order valence-corrected chi connectivity index (χ2v) is 3.76. The maximum Gasteiger partial charge on any atom is 0.209 e. The number of rotatable bonds is 5. The van der Waals surface area contributed by atoms with E-state index in [2.05, 4.69) is 11.9 Å². The van der Waals surface area contributed by atoms with E-state index in [4.69, 9.17) is 4.74 Å². The first kappa shape index (κ1) is 12.1. The van der Waals surface area contributed by atoms with E-state index in [-0.39, 0.29) is 11.6 Å². The van der Waals surface area contributed by atoms with Gasteiger partial charge in [-0.1, -0.05) is 30.8 Å². The molecule has 0 radical (unpaired) electrons. The quantitative estimate of drug-likeness (QED) is 0.631. The van der Waals surface area contributed by atoms with Gasteiger partial charge in [0.25, 0.3) is 0 Å². The van der Waals surface area contributed by atoms with E-state index in [9.17, 15) is 9.59 Å². The van der Waals surface area contributed by atoms with Crippen molar-refractivity contribution in [1.29, 1.82) is 0 Å². The molecule has 1 aliphatic carbocycles. The highest BCUT2D eigenvalue weighted by molar-refractivity contribution is 6.24. The minimum absolute atomic E-state index is 0.155. The normalized spacial score (nSPS) is 13.7. The lowest BCUT2D eigenvalue weighted by molar-refractivity contribution is 0.0977. The largest absolute Gasteiger partial charge is 0.500 e. The summed E-state index contributed by atoms with van der Waals surface area (Å²) in [5, 5.41) is 2.90. The second kappa shape index (κ2) is 5.31. The van der Waals surface area contributed by atoms with E-state index in [1.54, 1.807) is 24.3 Å². The number of ether oxygens (including phenoxy) is 1. The standard InChI is InChI=1S/C14H13NO3/c1-2-18-8-7-15-12-9-13(16)10-5-3-4-6-11(10)14(12)17/h2-6,9,15H,1,7-8H2. The average molecular weight is 243 g/mol. The zero-order valence-corrected chi connectivity index (χ0v) is 9.81. The molecule has 0 amide bonds. The third-order valence-electron chi connectivity index (χ3n) is 2.61. The second-order valence-electron chi connectivity index (χ2n) is 3.76. The number of carbonyl (C=O) groups is 2. The predicted molar refractivity (Wildman–Crippen MR) is 67.3 cm³/mol. The van der Waals surface area contributed by atoms with Crippen molar-refractivity contribution in [3.8, 4) is 0 Å². The summed E-state index contributed by atoms with van der Waals surface area (Å²) in [5.41, 5.74) is 1.21. The number of nitrogens with one attached hydrogen (secondary N) is 1. The van der Waals surface area contributed by atoms with Crippen LogP contribution in [0.1, 0.15) is 20.7 Å². The zero-order valence-electron chi connectivity index (χ0n) is 9.81. The first-order valence-electron chi connectivity index (χ1n) is 5.60. The molecule has 4 heteroatoms. The summed E-state index contributed by atoms with van der Waals surface area (Å²) in [4.78, 5) is 23.9. The van der Waals surface area contributed by atoms with Crippen LogP contribution in [0.5, 0.6) is 0 Å². The van der Waals surface area contributed by atoms with Gasteiger partial charge < -0.3 is 10.1 Å². The number of allylic oxidation sites excluding steroid dienone is 2. The molecule has 1 aliphatic rings. The van der Waals surface area contributed by atoms with Gasteiger partial charge in [0.15, 0.2) is 5.78 Å². The van der Waals surface area contributed by atoms with Crippen LogP contribution in [0.4, 0.5) is 0 Å². The lowest BCUT2D eigenvalue weighted by Gasteiger charge is -2.16. The molecule has 18 heavy (non-hydrogen) atoms. The topological polar surface area (TPSA) is 55.4 Å². The fourth-order valence-electron chi connectivity index (χ4n) is 1.77. The van der Waals surface area contributed by atoms with Crippen LogP contribution in [0.15, 0.2) is 48.9 Å². The Morgan fingerprint density at radius 1 is 1.22 bits per heavy atom. The maximum absolute atomic E-state index is 12.1. The van der Waals surface area contributed by atoms with Crippen molar-refractivity contribution >= 4 is 11.6 Å². The molecule has 0 saturated carbocycles. The van der Waals surface area contributed by atoms with Crippen LogP contribution in [0, 0.1) is 0 Å². The highest BCUT2D eigenvalue weighted by Crippen LogP contribution is 2.19. The van der Waals surface area contributed by atoms with Gasteiger partial charge in [0, 0.05) is 23.7 Å². The molecule has 0 atom stereocenters. The fourth-order valence-corrected chi connectivity index (χ4v) is 1.77. The monoisotopic (exact) mass is 243 g/mol. The highest BCUT2D eigenvalue weighted by atomic mass is 16.5. The van der Waals surface area contributed by atoms with E-state index in [1.165, 1.54) is 12.3 Å². The van der Waals surface area contributed by atoms with Crippen LogP contribution in [0.3, 0.4) is 0 Å². The van der Waals surface area contributed by atoms with E-state index < -0.39 is 0 Å². The van der Waals surface area contributed by atoms with Gasteiger partial charge in [-0.25, -0.2) is 0 Å². The lowest BCUT2D eigenvalue weighted by atomic mass is 9.93. The SMILES string of the molecule is C=COCCNC1=CC(=O)c2ccccc2C1=O. The average Bonchev–Trinajstić information content (AvgIpc) is 2.40. The van der Waals surface area contributed by atoms with Crippen molar-refractivity contribution in [3.05, 3.63) is 60.0 Å². The molecule has 1 aromatic rings. The summed E-state index contributed by atoms with van der Waals surface area (Å²) in [6, 6.07) is 6.80. The van der Waals surface area contributed by atoms with Crippen molar-refractivity contribution in [1.82, 2.24) is 5.32 Å². The number of carbonyl (C=O) groups excluding carboxylic acids is 2. The summed E-state index contributed by atoms with van der Waals surface area (Å²) in [6.45, 7) is 4.25. The van der Waals surface area contributed by atoms with E-state index in [1.807, 2.05) is 0 Å². The Morgan fingerprint density at radius 3 is 2.67 bits per heavy atom. The van der Waals surface area contributed by atoms with E-state index in [0.717, 1.165) is 0 Å². The van der Waals surface area contributed by atoms with Crippen molar-refractivity contribution in [3.63, 3.8) is 0 Å². The van der Waals surface area contributed by atoms with E-state index in [0.29, 0.717) is 30.0 Å². The molecule has 92 valence electrons. The molecule has 0 fully saturated rings. The maximum atomic E-state index is 12.1. The lowest BCUT2D eigenvalue weighted by Crippen LogP contribution is -2.28. The minimum Gasteiger partial charge on any atom is -0.500 e. The number of hydrogen-bond donors (Lipinski definition) is 1. The molecule has 1 N–H and O–H groups in total. The van der Waals surface area contributed by atoms with Crippen molar-refractivity contribution in [2.45, 2.75) is 0 Å². The molecule has 0 bridgehead atoms. The van der Waals surface area contributed by atoms with Gasteiger partial charge in [0.1, 0.15) is 6.61 Å². The Balaban J connectivity index is 2.13. The Labute approximate surface area is 105 Å². The first-order chi connectivity index (χ1) is 8.74. The third-order valence-corrected chi connectivity index (χ3v) is 2.61. The molecule has 0 heterocycles. The van der Waals surface area contributed by atoms with Gasteiger partial charge >= 0.3 is 0 Å². The molecule has 2 rings (SSSR count). The van der Waals surface area contributed by atoms with Crippen LogP contribution in [-0.2, 0) is 4.74 Å². The third kappa shape index (κ3) is 2.32. The minimum atomic E-state index is -0.163. The molecule has 1 aromatic carbocycles. The molecular weight excluding hydrogens is 230 g/mol. The van der Waals surface area contributed by atoms with Gasteiger partial charge in [-0.15, -0.1) is 0 Å². The first-order valence-corrected chi connectivity index (χ1v) is 5.60. The summed E-state index contributed by atoms with van der Waals surface area (Å²) >= 11 is 0.